The summed E-state index contributed by atoms with van der Waals surface area (Å²) in [7, 11) is 0. The van der Waals surface area contributed by atoms with Gasteiger partial charge in [-0.3, -0.25) is 0 Å². The summed E-state index contributed by atoms with van der Waals surface area (Å²) in [4.78, 5) is 0. The van der Waals surface area contributed by atoms with Crippen LogP contribution in [-0.2, 0) is 0 Å². The first kappa shape index (κ1) is 13.3. The number of benzene rings is 4. The minimum Gasteiger partial charge on any atom is -0.0616 e. The largest absolute Gasteiger partial charge is 0.0616 e. The van der Waals surface area contributed by atoms with E-state index in [1.54, 1.807) is 0 Å². The van der Waals surface area contributed by atoms with E-state index in [2.05, 4.69) is 81.4 Å². The zero-order valence-electron chi connectivity index (χ0n) is 13.4. The van der Waals surface area contributed by atoms with Gasteiger partial charge in [0.1, 0.15) is 0 Å². The molecule has 0 heteroatoms. The Morgan fingerprint density at radius 3 is 1.45 bits per heavy atom. The number of fused-ring (bicyclic) bond motifs is 6. The highest BCUT2D eigenvalue weighted by atomic mass is 14.2. The Bertz CT molecular complexity index is 1010. The van der Waals surface area contributed by atoms with Gasteiger partial charge in [-0.05, 0) is 62.4 Å². The van der Waals surface area contributed by atoms with Crippen molar-refractivity contribution in [3.8, 4) is 0 Å². The lowest BCUT2D eigenvalue weighted by Crippen LogP contribution is -1.93. The molecule has 0 atom stereocenters. The van der Waals surface area contributed by atoms with Crippen molar-refractivity contribution in [2.45, 2.75) is 26.7 Å². The molecule has 0 saturated heterocycles. The number of aryl methyl sites for hydroxylation is 1. The van der Waals surface area contributed by atoms with Crippen LogP contribution in [0.2, 0.25) is 0 Å². The van der Waals surface area contributed by atoms with E-state index in [1.807, 2.05) is 0 Å². The summed E-state index contributed by atoms with van der Waals surface area (Å²) in [6.07, 6.45) is 0. The Kier molecular flexibility index (Phi) is 2.94. The van der Waals surface area contributed by atoms with E-state index in [0.29, 0.717) is 5.92 Å². The summed E-state index contributed by atoms with van der Waals surface area (Å²) in [5, 5.41) is 8.17. The van der Waals surface area contributed by atoms with Gasteiger partial charge in [0.2, 0.25) is 0 Å². The maximum atomic E-state index is 2.41. The molecule has 0 saturated carbocycles. The van der Waals surface area contributed by atoms with Crippen LogP contribution in [0.4, 0.5) is 0 Å². The summed E-state index contributed by atoms with van der Waals surface area (Å²) in [5.41, 5.74) is 2.84. The topological polar surface area (TPSA) is 0 Å². The quantitative estimate of drug-likeness (QED) is 0.346. The van der Waals surface area contributed by atoms with Gasteiger partial charge in [0.05, 0.1) is 0 Å². The molecule has 0 bridgehead atoms. The van der Waals surface area contributed by atoms with Crippen LogP contribution in [0.15, 0.2) is 60.7 Å². The number of hydrogen-bond acceptors (Lipinski definition) is 0. The van der Waals surface area contributed by atoms with Crippen molar-refractivity contribution in [1.29, 1.82) is 0 Å². The van der Waals surface area contributed by atoms with Crippen molar-refractivity contribution >= 4 is 32.3 Å². The minimum absolute atomic E-state index is 0.551. The Morgan fingerprint density at radius 2 is 1.00 bits per heavy atom. The number of rotatable bonds is 1. The highest BCUT2D eigenvalue weighted by Crippen LogP contribution is 2.37. The molecule has 0 aliphatic carbocycles. The fraction of sp³-hybridized carbons (Fsp3) is 0.182. The Hall–Kier alpha value is -2.34. The van der Waals surface area contributed by atoms with Gasteiger partial charge in [-0.15, -0.1) is 0 Å². The van der Waals surface area contributed by atoms with Crippen LogP contribution in [0, 0.1) is 6.92 Å². The zero-order valence-corrected chi connectivity index (χ0v) is 13.4. The third kappa shape index (κ3) is 1.84. The van der Waals surface area contributed by atoms with Crippen LogP contribution in [-0.4, -0.2) is 0 Å². The second kappa shape index (κ2) is 4.84. The first-order valence-electron chi connectivity index (χ1n) is 8.00. The molecule has 0 nitrogen and oxygen atoms in total. The second-order valence-electron chi connectivity index (χ2n) is 6.50. The normalized spacial score (nSPS) is 11.8. The van der Waals surface area contributed by atoms with Crippen molar-refractivity contribution in [3.05, 3.63) is 71.8 Å². The maximum absolute atomic E-state index is 2.41. The van der Waals surface area contributed by atoms with Crippen LogP contribution in [0.25, 0.3) is 32.3 Å². The van der Waals surface area contributed by atoms with E-state index in [0.717, 1.165) is 0 Å². The van der Waals surface area contributed by atoms with Gasteiger partial charge >= 0.3 is 0 Å². The van der Waals surface area contributed by atoms with E-state index in [9.17, 15) is 0 Å². The smallest absolute Gasteiger partial charge is 0.00959 e. The molecule has 0 aliphatic heterocycles. The summed E-state index contributed by atoms with van der Waals surface area (Å²) >= 11 is 0. The monoisotopic (exact) mass is 284 g/mol. The third-order valence-electron chi connectivity index (χ3n) is 4.75. The van der Waals surface area contributed by atoms with Crippen LogP contribution >= 0.6 is 0 Å². The Labute approximate surface area is 131 Å². The average molecular weight is 284 g/mol. The molecule has 4 rings (SSSR count). The molecule has 0 heterocycles. The molecule has 0 amide bonds. The summed E-state index contributed by atoms with van der Waals surface area (Å²) in [6.45, 7) is 6.79. The van der Waals surface area contributed by atoms with Gasteiger partial charge < -0.3 is 0 Å². The van der Waals surface area contributed by atoms with Crippen molar-refractivity contribution in [3.63, 3.8) is 0 Å². The Balaban J connectivity index is 2.32. The summed E-state index contributed by atoms with van der Waals surface area (Å²) in [5.74, 6) is 0.551. The van der Waals surface area contributed by atoms with Gasteiger partial charge in [-0.2, -0.15) is 0 Å². The van der Waals surface area contributed by atoms with Gasteiger partial charge in [0.25, 0.3) is 0 Å². The van der Waals surface area contributed by atoms with E-state index in [4.69, 9.17) is 0 Å². The third-order valence-corrected chi connectivity index (χ3v) is 4.75. The van der Waals surface area contributed by atoms with Gasteiger partial charge in [0.15, 0.2) is 0 Å². The fourth-order valence-corrected chi connectivity index (χ4v) is 3.70. The molecule has 4 aromatic carbocycles. The lowest BCUT2D eigenvalue weighted by Gasteiger charge is -2.15. The molecular formula is C22H20. The van der Waals surface area contributed by atoms with E-state index in [1.165, 1.54) is 43.4 Å². The van der Waals surface area contributed by atoms with Crippen molar-refractivity contribution in [2.24, 2.45) is 0 Å². The SMILES string of the molecule is Cc1cc2c3ccccc3c3ccccc3c2cc1C(C)C. The molecule has 0 fully saturated rings. The molecule has 0 aliphatic rings. The van der Waals surface area contributed by atoms with E-state index >= 15 is 0 Å². The standard InChI is InChI=1S/C22H20/c1-14(2)20-13-22-19-11-7-5-9-17(19)16-8-4-6-10-18(16)21(22)12-15(20)3/h4-14H,1-3H3. The highest BCUT2D eigenvalue weighted by Gasteiger charge is 2.11. The highest BCUT2D eigenvalue weighted by molar-refractivity contribution is 6.25. The molecule has 0 radical (unpaired) electrons. The zero-order chi connectivity index (χ0) is 15.3. The van der Waals surface area contributed by atoms with E-state index < -0.39 is 0 Å². The lowest BCUT2D eigenvalue weighted by molar-refractivity contribution is 0.859. The fourth-order valence-electron chi connectivity index (χ4n) is 3.70. The van der Waals surface area contributed by atoms with Crippen LogP contribution in [0.3, 0.4) is 0 Å². The summed E-state index contributed by atoms with van der Waals surface area (Å²) in [6, 6.07) is 22.3. The van der Waals surface area contributed by atoms with Gasteiger partial charge in [-0.1, -0.05) is 68.4 Å². The first-order valence-corrected chi connectivity index (χ1v) is 8.00. The predicted molar refractivity (Wildman–Crippen MR) is 97.8 cm³/mol. The van der Waals surface area contributed by atoms with Crippen molar-refractivity contribution < 1.29 is 0 Å². The molecule has 0 N–H and O–H groups in total. The molecule has 4 aromatic rings. The minimum atomic E-state index is 0.551. The Morgan fingerprint density at radius 1 is 0.591 bits per heavy atom. The maximum Gasteiger partial charge on any atom is -0.00959 e. The lowest BCUT2D eigenvalue weighted by atomic mass is 9.89. The second-order valence-corrected chi connectivity index (χ2v) is 6.50. The molecular weight excluding hydrogens is 264 g/mol. The number of hydrogen-bond donors (Lipinski definition) is 0. The van der Waals surface area contributed by atoms with Crippen LogP contribution < -0.4 is 0 Å². The van der Waals surface area contributed by atoms with Crippen molar-refractivity contribution in [2.75, 3.05) is 0 Å². The first-order chi connectivity index (χ1) is 10.7. The molecule has 0 spiro atoms. The predicted octanol–water partition coefficient (Wildman–Crippen LogP) is 6.58. The molecule has 108 valence electrons. The van der Waals surface area contributed by atoms with Gasteiger partial charge in [0, 0.05) is 0 Å². The molecule has 22 heavy (non-hydrogen) atoms. The average Bonchev–Trinajstić information content (AvgIpc) is 2.54. The molecule has 0 unspecified atom stereocenters. The molecule has 0 aromatic heterocycles. The van der Waals surface area contributed by atoms with Gasteiger partial charge in [-0.25, -0.2) is 0 Å². The van der Waals surface area contributed by atoms with E-state index in [-0.39, 0.29) is 0 Å². The van der Waals surface area contributed by atoms with Crippen molar-refractivity contribution in [1.82, 2.24) is 0 Å². The van der Waals surface area contributed by atoms with Crippen LogP contribution in [0.1, 0.15) is 30.9 Å². The van der Waals surface area contributed by atoms with Crippen LogP contribution in [0.5, 0.6) is 0 Å². The summed E-state index contributed by atoms with van der Waals surface area (Å²) < 4.78 is 0.